The molecule has 108 valence electrons. The first kappa shape index (κ1) is 15.9. The maximum absolute atomic E-state index is 5.22. The van der Waals surface area contributed by atoms with Crippen LogP contribution in [0.3, 0.4) is 0 Å². The summed E-state index contributed by atoms with van der Waals surface area (Å²) in [5.41, 5.74) is 0.336. The van der Waals surface area contributed by atoms with Crippen LogP contribution in [0.15, 0.2) is 0 Å². The van der Waals surface area contributed by atoms with E-state index in [1.165, 1.54) is 13.1 Å². The average molecular weight is 256 g/mol. The summed E-state index contributed by atoms with van der Waals surface area (Å²) in [6.07, 6.45) is 1.13. The second-order valence-corrected chi connectivity index (χ2v) is 6.94. The normalized spacial score (nSPS) is 26.8. The maximum atomic E-state index is 5.22. The molecule has 1 aliphatic heterocycles. The van der Waals surface area contributed by atoms with Gasteiger partial charge in [0, 0.05) is 45.4 Å². The second-order valence-electron chi connectivity index (χ2n) is 6.94. The third kappa shape index (κ3) is 4.87. The molecule has 1 rings (SSSR count). The Morgan fingerprint density at radius 3 is 2.61 bits per heavy atom. The van der Waals surface area contributed by atoms with Gasteiger partial charge in [-0.1, -0.05) is 27.7 Å². The highest BCUT2D eigenvalue weighted by Gasteiger charge is 2.30. The summed E-state index contributed by atoms with van der Waals surface area (Å²) in [6.45, 7) is 16.0. The van der Waals surface area contributed by atoms with Crippen LogP contribution in [0.5, 0.6) is 0 Å². The smallest absolute Gasteiger partial charge is 0.0467 e. The maximum Gasteiger partial charge on any atom is 0.0467 e. The lowest BCUT2D eigenvalue weighted by Crippen LogP contribution is -2.58. The Balaban J connectivity index is 2.52. The Morgan fingerprint density at radius 2 is 2.06 bits per heavy atom. The van der Waals surface area contributed by atoms with Gasteiger partial charge in [0.1, 0.15) is 0 Å². The van der Waals surface area contributed by atoms with Gasteiger partial charge in [0.15, 0.2) is 0 Å². The van der Waals surface area contributed by atoms with E-state index in [1.807, 2.05) is 0 Å². The molecule has 0 spiro atoms. The number of nitrogens with one attached hydrogen (secondary N) is 1. The van der Waals surface area contributed by atoms with Gasteiger partial charge in [0.05, 0.1) is 0 Å². The van der Waals surface area contributed by atoms with E-state index in [1.54, 1.807) is 7.11 Å². The monoisotopic (exact) mass is 256 g/mol. The molecule has 1 fully saturated rings. The predicted molar refractivity (Wildman–Crippen MR) is 77.9 cm³/mol. The highest BCUT2D eigenvalue weighted by molar-refractivity contribution is 4.88. The average Bonchev–Trinajstić information content (AvgIpc) is 2.29. The zero-order chi connectivity index (χ0) is 13.8. The van der Waals surface area contributed by atoms with Crippen LogP contribution in [0.25, 0.3) is 0 Å². The van der Waals surface area contributed by atoms with Gasteiger partial charge in [-0.3, -0.25) is 4.90 Å². The SMILES string of the molecule is COCCC(C)(C)CN1CC(C(C)C)NCC1C. The molecule has 2 atom stereocenters. The van der Waals surface area contributed by atoms with Gasteiger partial charge in [0.25, 0.3) is 0 Å². The quantitative estimate of drug-likeness (QED) is 0.789. The van der Waals surface area contributed by atoms with Crippen molar-refractivity contribution < 1.29 is 4.74 Å². The third-order valence-electron chi connectivity index (χ3n) is 4.15. The molecular formula is C15H32N2O. The largest absolute Gasteiger partial charge is 0.385 e. The first-order valence-electron chi connectivity index (χ1n) is 7.32. The molecule has 0 aromatic rings. The summed E-state index contributed by atoms with van der Waals surface area (Å²) in [5.74, 6) is 0.710. The van der Waals surface area contributed by atoms with Crippen molar-refractivity contribution in [3.8, 4) is 0 Å². The van der Waals surface area contributed by atoms with Crippen molar-refractivity contribution in [2.24, 2.45) is 11.3 Å². The fourth-order valence-electron chi connectivity index (χ4n) is 2.62. The van der Waals surface area contributed by atoms with Gasteiger partial charge in [0.2, 0.25) is 0 Å². The van der Waals surface area contributed by atoms with Crippen LogP contribution < -0.4 is 5.32 Å². The lowest BCUT2D eigenvalue weighted by molar-refractivity contribution is 0.0632. The molecule has 0 amide bonds. The van der Waals surface area contributed by atoms with Crippen LogP contribution in [0.1, 0.15) is 41.0 Å². The molecule has 1 aliphatic rings. The molecule has 2 unspecified atom stereocenters. The van der Waals surface area contributed by atoms with E-state index >= 15 is 0 Å². The molecular weight excluding hydrogens is 224 g/mol. The van der Waals surface area contributed by atoms with Gasteiger partial charge in [-0.05, 0) is 24.7 Å². The minimum absolute atomic E-state index is 0.336. The first-order valence-corrected chi connectivity index (χ1v) is 7.32. The standard InChI is InChI=1S/C15H32N2O/c1-12(2)14-10-17(13(3)9-16-14)11-15(4,5)7-8-18-6/h12-14,16H,7-11H2,1-6H3. The minimum Gasteiger partial charge on any atom is -0.385 e. The zero-order valence-electron chi connectivity index (χ0n) is 13.1. The van der Waals surface area contributed by atoms with E-state index in [-0.39, 0.29) is 0 Å². The summed E-state index contributed by atoms with van der Waals surface area (Å²) in [6, 6.07) is 1.28. The summed E-state index contributed by atoms with van der Waals surface area (Å²) < 4.78 is 5.22. The molecule has 0 aliphatic carbocycles. The van der Waals surface area contributed by atoms with Crippen LogP contribution in [0.4, 0.5) is 0 Å². The van der Waals surface area contributed by atoms with Crippen molar-refractivity contribution in [3.63, 3.8) is 0 Å². The van der Waals surface area contributed by atoms with E-state index in [9.17, 15) is 0 Å². The van der Waals surface area contributed by atoms with Gasteiger partial charge in [-0.2, -0.15) is 0 Å². The highest BCUT2D eigenvalue weighted by Crippen LogP contribution is 2.24. The number of hydrogen-bond acceptors (Lipinski definition) is 3. The van der Waals surface area contributed by atoms with E-state index in [0.717, 1.165) is 19.6 Å². The van der Waals surface area contributed by atoms with E-state index in [0.29, 0.717) is 23.4 Å². The van der Waals surface area contributed by atoms with E-state index in [2.05, 4.69) is 44.8 Å². The van der Waals surface area contributed by atoms with Gasteiger partial charge in [-0.15, -0.1) is 0 Å². The number of methoxy groups -OCH3 is 1. The summed E-state index contributed by atoms with van der Waals surface area (Å²) >= 11 is 0. The summed E-state index contributed by atoms with van der Waals surface area (Å²) in [7, 11) is 1.79. The number of nitrogens with zero attached hydrogens (tertiary/aromatic N) is 1. The fourth-order valence-corrected chi connectivity index (χ4v) is 2.62. The Kier molecular flexibility index (Phi) is 6.09. The van der Waals surface area contributed by atoms with Crippen LogP contribution in [-0.4, -0.2) is 50.3 Å². The second kappa shape index (κ2) is 6.88. The molecule has 0 aromatic heterocycles. The molecule has 0 bridgehead atoms. The van der Waals surface area contributed by atoms with Crippen LogP contribution in [-0.2, 0) is 4.74 Å². The van der Waals surface area contributed by atoms with Crippen molar-refractivity contribution in [2.45, 2.75) is 53.1 Å². The Labute approximate surface area is 113 Å². The number of piperazine rings is 1. The number of rotatable bonds is 6. The van der Waals surface area contributed by atoms with Gasteiger partial charge in [-0.25, -0.2) is 0 Å². The molecule has 0 saturated carbocycles. The lowest BCUT2D eigenvalue weighted by Gasteiger charge is -2.43. The van der Waals surface area contributed by atoms with Crippen molar-refractivity contribution in [3.05, 3.63) is 0 Å². The first-order chi connectivity index (χ1) is 8.35. The molecule has 3 nitrogen and oxygen atoms in total. The molecule has 0 aromatic carbocycles. The van der Waals surface area contributed by atoms with Crippen molar-refractivity contribution in [1.29, 1.82) is 0 Å². The highest BCUT2D eigenvalue weighted by atomic mass is 16.5. The molecule has 3 heteroatoms. The van der Waals surface area contributed by atoms with E-state index < -0.39 is 0 Å². The predicted octanol–water partition coefficient (Wildman–Crippen LogP) is 2.37. The zero-order valence-corrected chi connectivity index (χ0v) is 13.1. The summed E-state index contributed by atoms with van der Waals surface area (Å²) in [4.78, 5) is 2.65. The molecule has 0 radical (unpaired) electrons. The van der Waals surface area contributed by atoms with Crippen molar-refractivity contribution in [1.82, 2.24) is 10.2 Å². The van der Waals surface area contributed by atoms with Crippen LogP contribution in [0.2, 0.25) is 0 Å². The molecule has 1 N–H and O–H groups in total. The number of ether oxygens (including phenoxy) is 1. The van der Waals surface area contributed by atoms with Crippen LogP contribution in [0, 0.1) is 11.3 Å². The minimum atomic E-state index is 0.336. The lowest BCUT2D eigenvalue weighted by atomic mass is 9.87. The number of hydrogen-bond donors (Lipinski definition) is 1. The summed E-state index contributed by atoms with van der Waals surface area (Å²) in [5, 5.41) is 3.66. The fraction of sp³-hybridized carbons (Fsp3) is 1.00. The topological polar surface area (TPSA) is 24.5 Å². The van der Waals surface area contributed by atoms with Gasteiger partial charge < -0.3 is 10.1 Å². The van der Waals surface area contributed by atoms with E-state index in [4.69, 9.17) is 4.74 Å². The van der Waals surface area contributed by atoms with Crippen molar-refractivity contribution >= 4 is 0 Å². The molecule has 18 heavy (non-hydrogen) atoms. The third-order valence-corrected chi connectivity index (χ3v) is 4.15. The Hall–Kier alpha value is -0.120. The molecule has 1 saturated heterocycles. The van der Waals surface area contributed by atoms with Gasteiger partial charge >= 0.3 is 0 Å². The van der Waals surface area contributed by atoms with Crippen LogP contribution >= 0.6 is 0 Å². The Bertz CT molecular complexity index is 241. The Morgan fingerprint density at radius 1 is 1.39 bits per heavy atom. The van der Waals surface area contributed by atoms with Crippen molar-refractivity contribution in [2.75, 3.05) is 33.4 Å². The molecule has 1 heterocycles.